The summed E-state index contributed by atoms with van der Waals surface area (Å²) in [6.07, 6.45) is 5.17. The number of nitrogens with zero attached hydrogens (tertiary/aromatic N) is 4. The number of amides is 1. The number of benzene rings is 1. The number of aromatic nitrogens is 2. The monoisotopic (exact) mass is 339 g/mol. The molecule has 0 radical (unpaired) electrons. The minimum Gasteiger partial charge on any atom is -0.353 e. The zero-order valence-electron chi connectivity index (χ0n) is 14.9. The van der Waals surface area contributed by atoms with Gasteiger partial charge in [0, 0.05) is 44.3 Å². The van der Waals surface area contributed by atoms with Gasteiger partial charge in [-0.1, -0.05) is 26.0 Å². The molecule has 0 saturated carbocycles. The van der Waals surface area contributed by atoms with Crippen molar-refractivity contribution in [2.75, 3.05) is 42.9 Å². The number of nitrogens with one attached hydrogen (secondary N) is 1. The molecule has 2 aromatic rings. The maximum atomic E-state index is 12.3. The van der Waals surface area contributed by atoms with Crippen LogP contribution in [0.1, 0.15) is 25.3 Å². The summed E-state index contributed by atoms with van der Waals surface area (Å²) in [5, 5.41) is 2.98. The number of rotatable bonds is 5. The van der Waals surface area contributed by atoms with E-state index in [-0.39, 0.29) is 5.91 Å². The van der Waals surface area contributed by atoms with E-state index in [1.165, 1.54) is 5.56 Å². The van der Waals surface area contributed by atoms with Crippen LogP contribution < -0.4 is 10.2 Å². The third kappa shape index (κ3) is 4.76. The van der Waals surface area contributed by atoms with Gasteiger partial charge >= 0.3 is 0 Å². The molecule has 1 aliphatic heterocycles. The Hall–Kier alpha value is -2.47. The highest BCUT2D eigenvalue weighted by Gasteiger charge is 2.19. The Kier molecular flexibility index (Phi) is 5.60. The molecule has 0 aliphatic carbocycles. The summed E-state index contributed by atoms with van der Waals surface area (Å²) < 4.78 is 0. The molecule has 1 aliphatic rings. The molecule has 0 unspecified atom stereocenters. The lowest BCUT2D eigenvalue weighted by Gasteiger charge is -2.34. The highest BCUT2D eigenvalue weighted by molar-refractivity contribution is 5.92. The van der Waals surface area contributed by atoms with Crippen LogP contribution in [-0.2, 0) is 4.79 Å². The molecule has 6 nitrogen and oxygen atoms in total. The first-order valence-electron chi connectivity index (χ1n) is 8.75. The van der Waals surface area contributed by atoms with E-state index in [0.29, 0.717) is 12.5 Å². The number of hydrogen-bond donors (Lipinski definition) is 1. The van der Waals surface area contributed by atoms with Crippen LogP contribution in [0.2, 0.25) is 0 Å². The normalized spacial score (nSPS) is 15.4. The molecule has 1 fully saturated rings. The molecule has 1 aromatic heterocycles. The highest BCUT2D eigenvalue weighted by atomic mass is 16.2. The largest absolute Gasteiger partial charge is 0.353 e. The Morgan fingerprint density at radius 2 is 1.84 bits per heavy atom. The first kappa shape index (κ1) is 17.4. The summed E-state index contributed by atoms with van der Waals surface area (Å²) in [7, 11) is 0. The molecule has 1 N–H and O–H groups in total. The van der Waals surface area contributed by atoms with Gasteiger partial charge in [0.15, 0.2) is 0 Å². The number of carbonyl (C=O) groups excluding carboxylic acids is 1. The smallest absolute Gasteiger partial charge is 0.238 e. The minimum atomic E-state index is 0.0326. The van der Waals surface area contributed by atoms with E-state index in [2.05, 4.69) is 51.1 Å². The predicted molar refractivity (Wildman–Crippen MR) is 99.8 cm³/mol. The number of carbonyl (C=O) groups is 1. The molecule has 0 atom stereocenters. The van der Waals surface area contributed by atoms with Crippen molar-refractivity contribution in [1.82, 2.24) is 14.9 Å². The van der Waals surface area contributed by atoms with Gasteiger partial charge in [0.2, 0.25) is 5.91 Å². The van der Waals surface area contributed by atoms with Gasteiger partial charge in [0.05, 0.1) is 12.7 Å². The van der Waals surface area contributed by atoms with Gasteiger partial charge in [-0.15, -0.1) is 0 Å². The Balaban J connectivity index is 1.46. The second kappa shape index (κ2) is 8.07. The number of hydrogen-bond acceptors (Lipinski definition) is 5. The van der Waals surface area contributed by atoms with E-state index < -0.39 is 0 Å². The van der Waals surface area contributed by atoms with Crippen LogP contribution in [0.25, 0.3) is 0 Å². The molecular weight excluding hydrogens is 314 g/mol. The van der Waals surface area contributed by atoms with Gasteiger partial charge in [-0.2, -0.15) is 0 Å². The molecule has 6 heteroatoms. The molecule has 0 spiro atoms. The lowest BCUT2D eigenvalue weighted by molar-refractivity contribution is -0.117. The van der Waals surface area contributed by atoms with Crippen molar-refractivity contribution in [3.8, 4) is 0 Å². The average Bonchev–Trinajstić information content (AvgIpc) is 2.63. The third-order valence-corrected chi connectivity index (χ3v) is 4.47. The van der Waals surface area contributed by atoms with Crippen molar-refractivity contribution in [2.45, 2.75) is 19.8 Å². The molecule has 3 rings (SSSR count). The first-order valence-corrected chi connectivity index (χ1v) is 8.75. The summed E-state index contributed by atoms with van der Waals surface area (Å²) in [6, 6.07) is 8.08. The zero-order valence-corrected chi connectivity index (χ0v) is 14.9. The van der Waals surface area contributed by atoms with Gasteiger partial charge in [-0.05, 0) is 23.6 Å². The number of anilines is 2. The second-order valence-electron chi connectivity index (χ2n) is 6.65. The first-order chi connectivity index (χ1) is 12.1. The van der Waals surface area contributed by atoms with Gasteiger partial charge < -0.3 is 10.2 Å². The summed E-state index contributed by atoms with van der Waals surface area (Å²) in [5.74, 6) is 1.43. The van der Waals surface area contributed by atoms with Crippen molar-refractivity contribution >= 4 is 17.4 Å². The van der Waals surface area contributed by atoms with Crippen LogP contribution in [0.3, 0.4) is 0 Å². The molecule has 2 heterocycles. The fraction of sp³-hybridized carbons (Fsp3) is 0.421. The fourth-order valence-electron chi connectivity index (χ4n) is 2.94. The van der Waals surface area contributed by atoms with Crippen molar-refractivity contribution < 1.29 is 4.79 Å². The maximum absolute atomic E-state index is 12.3. The topological polar surface area (TPSA) is 61.4 Å². The van der Waals surface area contributed by atoms with Crippen LogP contribution in [0.15, 0.2) is 42.9 Å². The molecule has 25 heavy (non-hydrogen) atoms. The lowest BCUT2D eigenvalue weighted by atomic mass is 10.0. The fourth-order valence-corrected chi connectivity index (χ4v) is 2.94. The quantitative estimate of drug-likeness (QED) is 0.906. The SMILES string of the molecule is CC(C)c1ccc(NC(=O)CN2CCN(c3cnccn3)CC2)cc1. The van der Waals surface area contributed by atoms with Crippen molar-refractivity contribution in [2.24, 2.45) is 0 Å². The standard InChI is InChI=1S/C19H25N5O/c1-15(2)16-3-5-17(6-4-16)22-19(25)14-23-9-11-24(12-10-23)18-13-20-7-8-21-18/h3-8,13,15H,9-12,14H2,1-2H3,(H,22,25). The van der Waals surface area contributed by atoms with E-state index in [4.69, 9.17) is 0 Å². The molecule has 1 saturated heterocycles. The Bertz CT molecular complexity index is 679. The Morgan fingerprint density at radius 1 is 1.12 bits per heavy atom. The van der Waals surface area contributed by atoms with Crippen molar-refractivity contribution in [3.63, 3.8) is 0 Å². The summed E-state index contributed by atoms with van der Waals surface area (Å²) in [4.78, 5) is 25.1. The van der Waals surface area contributed by atoms with Crippen molar-refractivity contribution in [3.05, 3.63) is 48.4 Å². The predicted octanol–water partition coefficient (Wildman–Crippen LogP) is 2.36. The van der Waals surface area contributed by atoms with Gasteiger partial charge in [0.25, 0.3) is 0 Å². The van der Waals surface area contributed by atoms with Gasteiger partial charge in [-0.25, -0.2) is 4.98 Å². The third-order valence-electron chi connectivity index (χ3n) is 4.47. The zero-order chi connectivity index (χ0) is 17.6. The van der Waals surface area contributed by atoms with E-state index in [9.17, 15) is 4.79 Å². The van der Waals surface area contributed by atoms with Crippen LogP contribution in [0.4, 0.5) is 11.5 Å². The van der Waals surface area contributed by atoms with Gasteiger partial charge in [-0.3, -0.25) is 14.7 Å². The highest BCUT2D eigenvalue weighted by Crippen LogP contribution is 2.17. The van der Waals surface area contributed by atoms with E-state index in [0.717, 1.165) is 37.7 Å². The van der Waals surface area contributed by atoms with Crippen LogP contribution in [0, 0.1) is 0 Å². The minimum absolute atomic E-state index is 0.0326. The van der Waals surface area contributed by atoms with Gasteiger partial charge in [0.1, 0.15) is 5.82 Å². The van der Waals surface area contributed by atoms with E-state index in [1.54, 1.807) is 18.6 Å². The molecule has 1 aromatic carbocycles. The molecule has 132 valence electrons. The van der Waals surface area contributed by atoms with Crippen LogP contribution in [-0.4, -0.2) is 53.5 Å². The molecular formula is C19H25N5O. The Morgan fingerprint density at radius 3 is 2.44 bits per heavy atom. The summed E-state index contributed by atoms with van der Waals surface area (Å²) in [6.45, 7) is 8.14. The average molecular weight is 339 g/mol. The summed E-state index contributed by atoms with van der Waals surface area (Å²) in [5.41, 5.74) is 2.13. The maximum Gasteiger partial charge on any atom is 0.238 e. The van der Waals surface area contributed by atoms with E-state index in [1.807, 2.05) is 12.1 Å². The molecule has 0 bridgehead atoms. The lowest BCUT2D eigenvalue weighted by Crippen LogP contribution is -2.48. The Labute approximate surface area is 148 Å². The van der Waals surface area contributed by atoms with Crippen LogP contribution >= 0.6 is 0 Å². The summed E-state index contributed by atoms with van der Waals surface area (Å²) >= 11 is 0. The number of piperazine rings is 1. The second-order valence-corrected chi connectivity index (χ2v) is 6.65. The van der Waals surface area contributed by atoms with Crippen LogP contribution in [0.5, 0.6) is 0 Å². The van der Waals surface area contributed by atoms with Crippen molar-refractivity contribution in [1.29, 1.82) is 0 Å². The molecule has 1 amide bonds. The van der Waals surface area contributed by atoms with E-state index >= 15 is 0 Å².